The van der Waals surface area contributed by atoms with Gasteiger partial charge >= 0.3 is 6.18 Å². The van der Waals surface area contributed by atoms with Gasteiger partial charge in [-0.25, -0.2) is 0 Å². The molecular weight excluding hydrogens is 255 g/mol. The number of hydrogen-bond acceptors (Lipinski definition) is 3. The van der Waals surface area contributed by atoms with Gasteiger partial charge in [-0.1, -0.05) is 11.6 Å². The Morgan fingerprint density at radius 3 is 2.41 bits per heavy atom. The molecule has 0 saturated carbocycles. The third-order valence-corrected chi connectivity index (χ3v) is 2.66. The summed E-state index contributed by atoms with van der Waals surface area (Å²) in [7, 11) is 3.51. The predicted molar refractivity (Wildman–Crippen MR) is 59.7 cm³/mol. The van der Waals surface area contributed by atoms with Crippen LogP contribution in [0.3, 0.4) is 0 Å². The SMILES string of the molecule is CN(C)C(CN)c1ncc(C(F)(F)F)cc1Cl. The van der Waals surface area contributed by atoms with E-state index >= 15 is 0 Å². The van der Waals surface area contributed by atoms with Gasteiger partial charge in [-0.3, -0.25) is 9.88 Å². The fourth-order valence-corrected chi connectivity index (χ4v) is 1.71. The number of halogens is 4. The number of nitrogens with two attached hydrogens (primary N) is 1. The molecule has 2 N–H and O–H groups in total. The van der Waals surface area contributed by atoms with Crippen LogP contribution in [-0.2, 0) is 6.18 Å². The first-order valence-electron chi connectivity index (χ1n) is 4.86. The Hall–Kier alpha value is -0.850. The summed E-state index contributed by atoms with van der Waals surface area (Å²) >= 11 is 5.81. The molecule has 0 aliphatic rings. The third kappa shape index (κ3) is 3.31. The highest BCUT2D eigenvalue weighted by atomic mass is 35.5. The van der Waals surface area contributed by atoms with Crippen molar-refractivity contribution in [2.24, 2.45) is 5.73 Å². The molecule has 7 heteroatoms. The van der Waals surface area contributed by atoms with Crippen molar-refractivity contribution in [3.05, 3.63) is 28.5 Å². The number of nitrogens with zero attached hydrogens (tertiary/aromatic N) is 2. The van der Waals surface area contributed by atoms with Gasteiger partial charge in [0.25, 0.3) is 0 Å². The maximum atomic E-state index is 12.4. The van der Waals surface area contributed by atoms with E-state index in [1.165, 1.54) is 0 Å². The van der Waals surface area contributed by atoms with E-state index < -0.39 is 11.7 Å². The van der Waals surface area contributed by atoms with Crippen LogP contribution in [0.2, 0.25) is 5.02 Å². The molecule has 1 atom stereocenters. The summed E-state index contributed by atoms with van der Waals surface area (Å²) in [6.07, 6.45) is -3.67. The van der Waals surface area contributed by atoms with E-state index in [4.69, 9.17) is 17.3 Å². The molecule has 0 radical (unpaired) electrons. The summed E-state index contributed by atoms with van der Waals surface area (Å²) in [5, 5.41) is -0.0241. The second-order valence-electron chi connectivity index (χ2n) is 3.80. The largest absolute Gasteiger partial charge is 0.417 e. The van der Waals surface area contributed by atoms with Gasteiger partial charge in [0, 0.05) is 12.7 Å². The number of alkyl halides is 3. The van der Waals surface area contributed by atoms with Crippen LogP contribution in [-0.4, -0.2) is 30.5 Å². The highest BCUT2D eigenvalue weighted by Crippen LogP contribution is 2.32. The highest BCUT2D eigenvalue weighted by Gasteiger charge is 2.32. The van der Waals surface area contributed by atoms with Gasteiger partial charge in [-0.05, 0) is 20.2 Å². The summed E-state index contributed by atoms with van der Waals surface area (Å²) in [6.45, 7) is 0.227. The minimum Gasteiger partial charge on any atom is -0.329 e. The molecule has 0 bridgehead atoms. The van der Waals surface area contributed by atoms with Gasteiger partial charge in [-0.15, -0.1) is 0 Å². The molecule has 3 nitrogen and oxygen atoms in total. The van der Waals surface area contributed by atoms with Crippen molar-refractivity contribution in [2.75, 3.05) is 20.6 Å². The monoisotopic (exact) mass is 267 g/mol. The Bertz CT molecular complexity index is 393. The van der Waals surface area contributed by atoms with Crippen molar-refractivity contribution in [1.82, 2.24) is 9.88 Å². The van der Waals surface area contributed by atoms with E-state index in [1.54, 1.807) is 19.0 Å². The Balaban J connectivity index is 3.13. The molecule has 0 aliphatic carbocycles. The number of aromatic nitrogens is 1. The maximum Gasteiger partial charge on any atom is 0.417 e. The fourth-order valence-electron chi connectivity index (χ4n) is 1.42. The van der Waals surface area contributed by atoms with E-state index in [1.807, 2.05) is 0 Å². The lowest BCUT2D eigenvalue weighted by molar-refractivity contribution is -0.137. The zero-order valence-corrected chi connectivity index (χ0v) is 10.2. The van der Waals surface area contributed by atoms with Crippen molar-refractivity contribution >= 4 is 11.6 Å². The molecule has 1 aromatic heterocycles. The van der Waals surface area contributed by atoms with Crippen molar-refractivity contribution < 1.29 is 13.2 Å². The van der Waals surface area contributed by atoms with Gasteiger partial charge in [0.1, 0.15) is 0 Å². The molecule has 1 aromatic rings. The molecule has 0 amide bonds. The van der Waals surface area contributed by atoms with Crippen LogP contribution in [0, 0.1) is 0 Å². The first kappa shape index (κ1) is 14.2. The van der Waals surface area contributed by atoms with Crippen molar-refractivity contribution in [3.8, 4) is 0 Å². The fraction of sp³-hybridized carbons (Fsp3) is 0.500. The van der Waals surface area contributed by atoms with E-state index in [9.17, 15) is 13.2 Å². The molecule has 0 aliphatic heterocycles. The van der Waals surface area contributed by atoms with Gasteiger partial charge in [-0.2, -0.15) is 13.2 Å². The summed E-state index contributed by atoms with van der Waals surface area (Å²) < 4.78 is 37.2. The minimum absolute atomic E-state index is 0.0241. The van der Waals surface area contributed by atoms with E-state index in [2.05, 4.69) is 4.98 Å². The lowest BCUT2D eigenvalue weighted by Crippen LogP contribution is -2.28. The van der Waals surface area contributed by atoms with E-state index in [-0.39, 0.29) is 17.6 Å². The Morgan fingerprint density at radius 1 is 1.47 bits per heavy atom. The van der Waals surface area contributed by atoms with Crippen molar-refractivity contribution in [1.29, 1.82) is 0 Å². The molecule has 0 aromatic carbocycles. The molecule has 96 valence electrons. The van der Waals surface area contributed by atoms with E-state index in [0.717, 1.165) is 12.3 Å². The molecule has 0 fully saturated rings. The molecule has 0 spiro atoms. The molecular formula is C10H13ClF3N3. The predicted octanol–water partition coefficient (Wildman–Crippen LogP) is 2.32. The van der Waals surface area contributed by atoms with Gasteiger partial charge in [0.05, 0.1) is 22.3 Å². The second kappa shape index (κ2) is 5.20. The van der Waals surface area contributed by atoms with Crippen LogP contribution < -0.4 is 5.73 Å². The number of likely N-dealkylation sites (N-methyl/N-ethyl adjacent to an activating group) is 1. The summed E-state index contributed by atoms with van der Waals surface area (Å²) in [6, 6.07) is 0.570. The standard InChI is InChI=1S/C10H13ClF3N3/c1-17(2)8(4-15)9-7(11)3-6(5-16-9)10(12,13)14/h3,5,8H,4,15H2,1-2H3. The van der Waals surface area contributed by atoms with Crippen LogP contribution in [0.1, 0.15) is 17.3 Å². The van der Waals surface area contributed by atoms with Crippen LogP contribution >= 0.6 is 11.6 Å². The van der Waals surface area contributed by atoms with Crippen LogP contribution in [0.15, 0.2) is 12.3 Å². The molecule has 1 rings (SSSR count). The average molecular weight is 268 g/mol. The average Bonchev–Trinajstić information content (AvgIpc) is 2.19. The summed E-state index contributed by atoms with van der Waals surface area (Å²) in [4.78, 5) is 5.51. The van der Waals surface area contributed by atoms with Crippen LogP contribution in [0.25, 0.3) is 0 Å². The normalized spacial score (nSPS) is 14.1. The van der Waals surface area contributed by atoms with Crippen LogP contribution in [0.4, 0.5) is 13.2 Å². The Labute approximate surface area is 102 Å². The first-order valence-corrected chi connectivity index (χ1v) is 5.24. The summed E-state index contributed by atoms with van der Waals surface area (Å²) in [5.74, 6) is 0. The summed E-state index contributed by atoms with van der Waals surface area (Å²) in [5.41, 5.74) is 5.03. The highest BCUT2D eigenvalue weighted by molar-refractivity contribution is 6.31. The zero-order valence-electron chi connectivity index (χ0n) is 9.42. The van der Waals surface area contributed by atoms with Crippen LogP contribution in [0.5, 0.6) is 0 Å². The van der Waals surface area contributed by atoms with Gasteiger partial charge in [0.15, 0.2) is 0 Å². The smallest absolute Gasteiger partial charge is 0.329 e. The number of hydrogen-bond donors (Lipinski definition) is 1. The quantitative estimate of drug-likeness (QED) is 0.914. The second-order valence-corrected chi connectivity index (χ2v) is 4.21. The molecule has 0 saturated heterocycles. The van der Waals surface area contributed by atoms with E-state index in [0.29, 0.717) is 5.69 Å². The Kier molecular flexibility index (Phi) is 4.35. The zero-order chi connectivity index (χ0) is 13.2. The minimum atomic E-state index is -4.44. The maximum absolute atomic E-state index is 12.4. The molecule has 1 unspecified atom stereocenters. The van der Waals surface area contributed by atoms with Crippen molar-refractivity contribution in [2.45, 2.75) is 12.2 Å². The topological polar surface area (TPSA) is 42.1 Å². The Morgan fingerprint density at radius 2 is 2.06 bits per heavy atom. The lowest BCUT2D eigenvalue weighted by atomic mass is 10.1. The number of pyridine rings is 1. The first-order chi connectivity index (χ1) is 7.77. The van der Waals surface area contributed by atoms with Crippen molar-refractivity contribution in [3.63, 3.8) is 0 Å². The molecule has 1 heterocycles. The third-order valence-electron chi connectivity index (χ3n) is 2.36. The van der Waals surface area contributed by atoms with Gasteiger partial charge in [0.2, 0.25) is 0 Å². The lowest BCUT2D eigenvalue weighted by Gasteiger charge is -2.23. The van der Waals surface area contributed by atoms with Gasteiger partial charge < -0.3 is 5.73 Å². The molecule has 17 heavy (non-hydrogen) atoms. The number of rotatable bonds is 3.